The minimum Gasteiger partial charge on any atom is -0.381 e. The minimum absolute atomic E-state index is 0. The number of guanidine groups is 1. The summed E-state index contributed by atoms with van der Waals surface area (Å²) in [5, 5.41) is 6.72. The van der Waals surface area contributed by atoms with Crippen LogP contribution in [0.3, 0.4) is 0 Å². The maximum atomic E-state index is 5.70. The second-order valence-corrected chi connectivity index (χ2v) is 6.43. The molecule has 5 nitrogen and oxygen atoms in total. The highest BCUT2D eigenvalue weighted by molar-refractivity contribution is 14.0. The van der Waals surface area contributed by atoms with E-state index in [1.54, 1.807) is 0 Å². The predicted molar refractivity (Wildman–Crippen MR) is 106 cm³/mol. The summed E-state index contributed by atoms with van der Waals surface area (Å²) in [4.78, 5) is 4.60. The van der Waals surface area contributed by atoms with Crippen molar-refractivity contribution in [2.75, 3.05) is 46.1 Å². The molecule has 1 aliphatic carbocycles. The van der Waals surface area contributed by atoms with Crippen molar-refractivity contribution in [3.63, 3.8) is 0 Å². The number of nitrogens with zero attached hydrogens (tertiary/aromatic N) is 1. The van der Waals surface area contributed by atoms with Gasteiger partial charge in [0.1, 0.15) is 0 Å². The highest BCUT2D eigenvalue weighted by atomic mass is 127. The summed E-state index contributed by atoms with van der Waals surface area (Å²) in [5.41, 5.74) is 0. The molecule has 2 fully saturated rings. The molecule has 6 heteroatoms. The summed E-state index contributed by atoms with van der Waals surface area (Å²) in [6.45, 7) is 8.26. The summed E-state index contributed by atoms with van der Waals surface area (Å²) in [5.74, 6) is 2.57. The third-order valence-electron chi connectivity index (χ3n) is 4.22. The normalized spacial score (nSPS) is 21.1. The van der Waals surface area contributed by atoms with Crippen LogP contribution in [-0.2, 0) is 9.47 Å². The molecule has 1 heterocycles. The Morgan fingerprint density at radius 1 is 1.17 bits per heavy atom. The van der Waals surface area contributed by atoms with Gasteiger partial charge in [-0.1, -0.05) is 12.8 Å². The van der Waals surface area contributed by atoms with Crippen LogP contribution in [0.15, 0.2) is 4.99 Å². The number of hydrogen-bond acceptors (Lipinski definition) is 3. The van der Waals surface area contributed by atoms with E-state index < -0.39 is 0 Å². The molecule has 0 aromatic carbocycles. The second-order valence-electron chi connectivity index (χ2n) is 6.43. The Bertz CT molecular complexity index is 319. The third kappa shape index (κ3) is 10.4. The molecular formula is C17H34IN3O2. The van der Waals surface area contributed by atoms with Crippen LogP contribution < -0.4 is 10.6 Å². The molecule has 1 saturated carbocycles. The van der Waals surface area contributed by atoms with Crippen molar-refractivity contribution >= 4 is 29.9 Å². The Balaban J connectivity index is 0.00000264. The van der Waals surface area contributed by atoms with Gasteiger partial charge in [0, 0.05) is 38.8 Å². The summed E-state index contributed by atoms with van der Waals surface area (Å²) >= 11 is 0. The molecule has 2 aliphatic rings. The van der Waals surface area contributed by atoms with Crippen molar-refractivity contribution in [3.05, 3.63) is 0 Å². The first kappa shape index (κ1) is 21.0. The zero-order valence-corrected chi connectivity index (χ0v) is 16.8. The fraction of sp³-hybridized carbons (Fsp3) is 0.941. The average molecular weight is 439 g/mol. The van der Waals surface area contributed by atoms with Crippen LogP contribution in [0.5, 0.6) is 0 Å². The highest BCUT2D eigenvalue weighted by Crippen LogP contribution is 2.33. The van der Waals surface area contributed by atoms with E-state index in [0.29, 0.717) is 5.92 Å². The van der Waals surface area contributed by atoms with E-state index >= 15 is 0 Å². The molecule has 0 aromatic heterocycles. The molecule has 0 spiro atoms. The Labute approximate surface area is 158 Å². The smallest absolute Gasteiger partial charge is 0.191 e. The Hall–Kier alpha value is -0.0800. The lowest BCUT2D eigenvalue weighted by atomic mass is 10.1. The van der Waals surface area contributed by atoms with Crippen molar-refractivity contribution in [2.45, 2.75) is 45.4 Å². The Morgan fingerprint density at radius 3 is 2.74 bits per heavy atom. The fourth-order valence-electron chi connectivity index (χ4n) is 2.67. The molecule has 2 N–H and O–H groups in total. The summed E-state index contributed by atoms with van der Waals surface area (Å²) in [6.07, 6.45) is 7.63. The van der Waals surface area contributed by atoms with E-state index in [-0.39, 0.29) is 24.0 Å². The van der Waals surface area contributed by atoms with Crippen molar-refractivity contribution < 1.29 is 9.47 Å². The molecule has 1 saturated heterocycles. The molecule has 1 aliphatic heterocycles. The average Bonchev–Trinajstić information content (AvgIpc) is 3.20. The van der Waals surface area contributed by atoms with E-state index in [1.807, 2.05) is 0 Å². The van der Waals surface area contributed by atoms with Gasteiger partial charge in [-0.25, -0.2) is 0 Å². The van der Waals surface area contributed by atoms with Crippen molar-refractivity contribution in [2.24, 2.45) is 16.8 Å². The molecule has 0 bridgehead atoms. The molecule has 1 unspecified atom stereocenters. The van der Waals surface area contributed by atoms with Gasteiger partial charge in [0.25, 0.3) is 0 Å². The third-order valence-corrected chi connectivity index (χ3v) is 4.22. The van der Waals surface area contributed by atoms with E-state index in [2.05, 4.69) is 22.5 Å². The van der Waals surface area contributed by atoms with Gasteiger partial charge in [0.05, 0.1) is 13.2 Å². The predicted octanol–water partition coefficient (Wildman–Crippen LogP) is 2.79. The van der Waals surface area contributed by atoms with Gasteiger partial charge in [0.15, 0.2) is 5.96 Å². The monoisotopic (exact) mass is 439 g/mol. The summed E-state index contributed by atoms with van der Waals surface area (Å²) in [6, 6.07) is 0. The first-order valence-corrected chi connectivity index (χ1v) is 9.06. The van der Waals surface area contributed by atoms with E-state index in [9.17, 15) is 0 Å². The minimum atomic E-state index is 0. The molecule has 1 atom stereocenters. The number of ether oxygens (including phenoxy) is 2. The van der Waals surface area contributed by atoms with Gasteiger partial charge in [-0.05, 0) is 38.5 Å². The van der Waals surface area contributed by atoms with Crippen LogP contribution in [0.4, 0.5) is 0 Å². The molecule has 23 heavy (non-hydrogen) atoms. The largest absolute Gasteiger partial charge is 0.381 e. The van der Waals surface area contributed by atoms with Crippen LogP contribution in [0.25, 0.3) is 0 Å². The van der Waals surface area contributed by atoms with Gasteiger partial charge < -0.3 is 20.1 Å². The molecule has 136 valence electrons. The lowest BCUT2D eigenvalue weighted by Gasteiger charge is -2.11. The van der Waals surface area contributed by atoms with Gasteiger partial charge in [0.2, 0.25) is 0 Å². The van der Waals surface area contributed by atoms with Gasteiger partial charge >= 0.3 is 0 Å². The quantitative estimate of drug-likeness (QED) is 0.225. The van der Waals surface area contributed by atoms with Crippen LogP contribution in [0.2, 0.25) is 0 Å². The summed E-state index contributed by atoms with van der Waals surface area (Å²) in [7, 11) is 0. The Kier molecular flexibility index (Phi) is 12.1. The lowest BCUT2D eigenvalue weighted by molar-refractivity contribution is 0.0893. The van der Waals surface area contributed by atoms with Crippen molar-refractivity contribution in [1.29, 1.82) is 0 Å². The number of rotatable bonds is 11. The fourth-order valence-corrected chi connectivity index (χ4v) is 2.67. The molecular weight excluding hydrogens is 405 g/mol. The van der Waals surface area contributed by atoms with Crippen LogP contribution in [0.1, 0.15) is 45.4 Å². The zero-order chi connectivity index (χ0) is 15.5. The van der Waals surface area contributed by atoms with E-state index in [0.717, 1.165) is 70.8 Å². The maximum Gasteiger partial charge on any atom is 0.191 e. The number of nitrogens with one attached hydrogen (secondary N) is 2. The molecule has 0 amide bonds. The number of aliphatic imine (C=N–C) groups is 1. The highest BCUT2D eigenvalue weighted by Gasteiger charge is 2.20. The number of halogens is 1. The molecule has 0 aromatic rings. The second kappa shape index (κ2) is 13.2. The first-order valence-electron chi connectivity index (χ1n) is 9.06. The zero-order valence-electron chi connectivity index (χ0n) is 14.5. The Morgan fingerprint density at radius 2 is 2.04 bits per heavy atom. The number of hydrogen-bond donors (Lipinski definition) is 2. The van der Waals surface area contributed by atoms with Crippen molar-refractivity contribution in [3.8, 4) is 0 Å². The van der Waals surface area contributed by atoms with Crippen LogP contribution in [-0.4, -0.2) is 52.0 Å². The van der Waals surface area contributed by atoms with E-state index in [4.69, 9.17) is 9.47 Å². The first-order chi connectivity index (χ1) is 10.9. The lowest BCUT2D eigenvalue weighted by Crippen LogP contribution is -2.38. The van der Waals surface area contributed by atoms with Crippen LogP contribution >= 0.6 is 24.0 Å². The van der Waals surface area contributed by atoms with Gasteiger partial charge in [-0.3, -0.25) is 4.99 Å². The summed E-state index contributed by atoms with van der Waals surface area (Å²) < 4.78 is 11.0. The van der Waals surface area contributed by atoms with E-state index in [1.165, 1.54) is 25.7 Å². The van der Waals surface area contributed by atoms with Gasteiger partial charge in [-0.2, -0.15) is 0 Å². The SMILES string of the molecule is CCNC(=NCCCOCC1CCOC1)NCCCC1CC1.I. The van der Waals surface area contributed by atoms with Gasteiger partial charge in [-0.15, -0.1) is 24.0 Å². The standard InChI is InChI=1S/C17H33N3O2.HI/c1-2-18-17(19-9-3-5-15-6-7-15)20-10-4-11-21-13-16-8-12-22-14-16;/h15-16H,2-14H2,1H3,(H2,18,19,20);1H. The molecule has 0 radical (unpaired) electrons. The maximum absolute atomic E-state index is 5.70. The van der Waals surface area contributed by atoms with Crippen molar-refractivity contribution in [1.82, 2.24) is 10.6 Å². The topological polar surface area (TPSA) is 54.9 Å². The van der Waals surface area contributed by atoms with Crippen LogP contribution in [0, 0.1) is 11.8 Å². The molecule has 2 rings (SSSR count).